The monoisotopic (exact) mass is 178 g/mol. The topological polar surface area (TPSA) is 38.9 Å². The molecule has 0 radical (unpaired) electrons. The zero-order valence-corrected chi connectivity index (χ0v) is 8.46. The number of aromatic nitrogens is 1. The lowest BCUT2D eigenvalue weighted by Crippen LogP contribution is -2.12. The number of aryl methyl sites for hydroxylation is 1. The van der Waals surface area contributed by atoms with E-state index in [0.29, 0.717) is 0 Å². The van der Waals surface area contributed by atoms with E-state index in [1.807, 2.05) is 12.4 Å². The van der Waals surface area contributed by atoms with Gasteiger partial charge in [-0.3, -0.25) is 4.98 Å². The predicted octanol–water partition coefficient (Wildman–Crippen LogP) is 2.44. The fourth-order valence-corrected chi connectivity index (χ4v) is 1.56. The first kappa shape index (κ1) is 10.2. The second kappa shape index (κ2) is 4.97. The van der Waals surface area contributed by atoms with Gasteiger partial charge < -0.3 is 5.73 Å². The zero-order chi connectivity index (χ0) is 9.68. The van der Waals surface area contributed by atoms with Gasteiger partial charge in [0.25, 0.3) is 0 Å². The Morgan fingerprint density at radius 3 is 2.85 bits per heavy atom. The Morgan fingerprint density at radius 2 is 2.23 bits per heavy atom. The minimum Gasteiger partial charge on any atom is -0.324 e. The van der Waals surface area contributed by atoms with Crippen LogP contribution in [-0.2, 0) is 6.42 Å². The van der Waals surface area contributed by atoms with Gasteiger partial charge in [-0.15, -0.1) is 0 Å². The minimum absolute atomic E-state index is 0.161. The van der Waals surface area contributed by atoms with E-state index in [-0.39, 0.29) is 6.04 Å². The normalized spacial score (nSPS) is 12.8. The number of nitrogens with zero attached hydrogens (tertiary/aromatic N) is 1. The Balaban J connectivity index is 2.85. The van der Waals surface area contributed by atoms with Crippen molar-refractivity contribution in [3.8, 4) is 0 Å². The maximum absolute atomic E-state index is 6.04. The van der Waals surface area contributed by atoms with E-state index in [1.54, 1.807) is 0 Å². The predicted molar refractivity (Wildman–Crippen MR) is 55.5 cm³/mol. The van der Waals surface area contributed by atoms with Gasteiger partial charge in [-0.25, -0.2) is 0 Å². The van der Waals surface area contributed by atoms with Gasteiger partial charge >= 0.3 is 0 Å². The van der Waals surface area contributed by atoms with Crippen LogP contribution >= 0.6 is 0 Å². The zero-order valence-electron chi connectivity index (χ0n) is 8.46. The molecular formula is C11H18N2. The van der Waals surface area contributed by atoms with Crippen LogP contribution in [0.3, 0.4) is 0 Å². The molecule has 0 fully saturated rings. The molecule has 0 amide bonds. The molecule has 0 aliphatic carbocycles. The van der Waals surface area contributed by atoms with Gasteiger partial charge in [0.15, 0.2) is 0 Å². The standard InChI is InChI=1S/C11H18N2/c1-3-5-11(12)10-8-13-7-6-9(10)4-2/h6-8,11H,3-5,12H2,1-2H3. The first-order valence-electron chi connectivity index (χ1n) is 4.98. The number of rotatable bonds is 4. The lowest BCUT2D eigenvalue weighted by Gasteiger charge is -2.13. The molecule has 1 heterocycles. The van der Waals surface area contributed by atoms with E-state index >= 15 is 0 Å². The molecule has 72 valence electrons. The molecule has 0 saturated carbocycles. The summed E-state index contributed by atoms with van der Waals surface area (Å²) in [4.78, 5) is 4.12. The molecule has 1 aromatic heterocycles. The van der Waals surface area contributed by atoms with E-state index in [0.717, 1.165) is 19.3 Å². The molecule has 2 N–H and O–H groups in total. The van der Waals surface area contributed by atoms with E-state index < -0.39 is 0 Å². The van der Waals surface area contributed by atoms with Crippen molar-refractivity contribution >= 4 is 0 Å². The Morgan fingerprint density at radius 1 is 1.46 bits per heavy atom. The average Bonchev–Trinajstić information content (AvgIpc) is 2.18. The summed E-state index contributed by atoms with van der Waals surface area (Å²) in [5.41, 5.74) is 8.59. The maximum Gasteiger partial charge on any atom is 0.0318 e. The highest BCUT2D eigenvalue weighted by Gasteiger charge is 2.08. The third-order valence-electron chi connectivity index (χ3n) is 2.33. The van der Waals surface area contributed by atoms with Crippen LogP contribution in [0.4, 0.5) is 0 Å². The van der Waals surface area contributed by atoms with Gasteiger partial charge in [0.2, 0.25) is 0 Å². The van der Waals surface area contributed by atoms with Crippen molar-refractivity contribution in [2.75, 3.05) is 0 Å². The van der Waals surface area contributed by atoms with Crippen molar-refractivity contribution in [1.29, 1.82) is 0 Å². The summed E-state index contributed by atoms with van der Waals surface area (Å²) in [5, 5.41) is 0. The van der Waals surface area contributed by atoms with Gasteiger partial charge in [0.1, 0.15) is 0 Å². The van der Waals surface area contributed by atoms with E-state index in [1.165, 1.54) is 11.1 Å². The van der Waals surface area contributed by atoms with Crippen LogP contribution in [0.1, 0.15) is 43.9 Å². The molecule has 0 aromatic carbocycles. The molecule has 0 bridgehead atoms. The van der Waals surface area contributed by atoms with E-state index in [9.17, 15) is 0 Å². The third kappa shape index (κ3) is 2.52. The van der Waals surface area contributed by atoms with Crippen molar-refractivity contribution in [3.63, 3.8) is 0 Å². The van der Waals surface area contributed by atoms with Gasteiger partial charge in [0.05, 0.1) is 0 Å². The van der Waals surface area contributed by atoms with Gasteiger partial charge in [-0.2, -0.15) is 0 Å². The number of pyridine rings is 1. The lowest BCUT2D eigenvalue weighted by atomic mass is 9.99. The molecule has 1 rings (SSSR count). The number of hydrogen-bond donors (Lipinski definition) is 1. The highest BCUT2D eigenvalue weighted by Crippen LogP contribution is 2.19. The average molecular weight is 178 g/mol. The summed E-state index contributed by atoms with van der Waals surface area (Å²) < 4.78 is 0. The molecule has 2 nitrogen and oxygen atoms in total. The SMILES string of the molecule is CCCC(N)c1cnccc1CC. The maximum atomic E-state index is 6.04. The quantitative estimate of drug-likeness (QED) is 0.769. The van der Waals surface area contributed by atoms with Crippen molar-refractivity contribution in [3.05, 3.63) is 29.6 Å². The highest BCUT2D eigenvalue weighted by molar-refractivity contribution is 5.26. The Kier molecular flexibility index (Phi) is 3.90. The molecule has 1 atom stereocenters. The largest absolute Gasteiger partial charge is 0.324 e. The van der Waals surface area contributed by atoms with Crippen molar-refractivity contribution in [1.82, 2.24) is 4.98 Å². The molecule has 1 aromatic rings. The van der Waals surface area contributed by atoms with Crippen LogP contribution in [0.25, 0.3) is 0 Å². The molecule has 0 spiro atoms. The van der Waals surface area contributed by atoms with Crippen LogP contribution in [0, 0.1) is 0 Å². The molecular weight excluding hydrogens is 160 g/mol. The summed E-state index contributed by atoms with van der Waals surface area (Å²) in [6, 6.07) is 2.22. The highest BCUT2D eigenvalue weighted by atomic mass is 14.7. The van der Waals surface area contributed by atoms with Crippen LogP contribution in [0.5, 0.6) is 0 Å². The molecule has 0 saturated heterocycles. The van der Waals surface area contributed by atoms with Gasteiger partial charge in [-0.1, -0.05) is 20.3 Å². The number of hydrogen-bond acceptors (Lipinski definition) is 2. The molecule has 0 aliphatic rings. The lowest BCUT2D eigenvalue weighted by molar-refractivity contribution is 0.630. The summed E-state index contributed by atoms with van der Waals surface area (Å²) in [6.07, 6.45) is 6.94. The van der Waals surface area contributed by atoms with Crippen LogP contribution in [0.2, 0.25) is 0 Å². The van der Waals surface area contributed by atoms with Crippen molar-refractivity contribution < 1.29 is 0 Å². The second-order valence-corrected chi connectivity index (χ2v) is 3.32. The first-order chi connectivity index (χ1) is 6.29. The third-order valence-corrected chi connectivity index (χ3v) is 2.33. The Labute approximate surface area is 80.2 Å². The molecule has 0 aliphatic heterocycles. The first-order valence-corrected chi connectivity index (χ1v) is 4.98. The van der Waals surface area contributed by atoms with Gasteiger partial charge in [0, 0.05) is 18.4 Å². The van der Waals surface area contributed by atoms with Gasteiger partial charge in [-0.05, 0) is 30.0 Å². The van der Waals surface area contributed by atoms with Crippen LogP contribution in [-0.4, -0.2) is 4.98 Å². The summed E-state index contributed by atoms with van der Waals surface area (Å²) in [5.74, 6) is 0. The smallest absolute Gasteiger partial charge is 0.0318 e. The fraction of sp³-hybridized carbons (Fsp3) is 0.545. The second-order valence-electron chi connectivity index (χ2n) is 3.32. The molecule has 2 heteroatoms. The summed E-state index contributed by atoms with van der Waals surface area (Å²) in [6.45, 7) is 4.30. The van der Waals surface area contributed by atoms with Crippen LogP contribution < -0.4 is 5.73 Å². The summed E-state index contributed by atoms with van der Waals surface area (Å²) in [7, 11) is 0. The molecule has 13 heavy (non-hydrogen) atoms. The number of nitrogens with two attached hydrogens (primary N) is 1. The summed E-state index contributed by atoms with van der Waals surface area (Å²) >= 11 is 0. The minimum atomic E-state index is 0.161. The Hall–Kier alpha value is -0.890. The van der Waals surface area contributed by atoms with Crippen LogP contribution in [0.15, 0.2) is 18.5 Å². The van der Waals surface area contributed by atoms with E-state index in [4.69, 9.17) is 5.73 Å². The van der Waals surface area contributed by atoms with Crippen molar-refractivity contribution in [2.24, 2.45) is 5.73 Å². The fourth-order valence-electron chi connectivity index (χ4n) is 1.56. The molecule has 1 unspecified atom stereocenters. The van der Waals surface area contributed by atoms with Crippen molar-refractivity contribution in [2.45, 2.75) is 39.2 Å². The Bertz CT molecular complexity index is 258. The van der Waals surface area contributed by atoms with E-state index in [2.05, 4.69) is 24.9 Å².